The maximum Gasteiger partial charge on any atom is 0.392 e. The third-order valence-corrected chi connectivity index (χ3v) is 6.57. The molecule has 33 heavy (non-hydrogen) atoms. The van der Waals surface area contributed by atoms with Crippen LogP contribution >= 0.6 is 20.3 Å². The van der Waals surface area contributed by atoms with Gasteiger partial charge in [0.25, 0.3) is 0 Å². The zero-order valence-electron chi connectivity index (χ0n) is 18.4. The highest BCUT2D eigenvalue weighted by atomic mass is 32.2. The van der Waals surface area contributed by atoms with Crippen molar-refractivity contribution in [3.8, 4) is 5.75 Å². The van der Waals surface area contributed by atoms with E-state index in [-0.39, 0.29) is 27.0 Å². The molecule has 3 aromatic rings. The molecule has 0 aliphatic heterocycles. The molecule has 180 valence electrons. The van der Waals surface area contributed by atoms with Gasteiger partial charge in [-0.1, -0.05) is 45.8 Å². The third-order valence-electron chi connectivity index (χ3n) is 4.51. The Bertz CT molecular complexity index is 1050. The van der Waals surface area contributed by atoms with Crippen LogP contribution < -0.4 is 10.5 Å². The zero-order valence-corrected chi connectivity index (χ0v) is 20.2. The number of alkyl halides is 3. The van der Waals surface area contributed by atoms with Gasteiger partial charge in [-0.3, -0.25) is 0 Å². The highest BCUT2D eigenvalue weighted by molar-refractivity contribution is 7.99. The van der Waals surface area contributed by atoms with E-state index < -0.39 is 12.3 Å². The van der Waals surface area contributed by atoms with Crippen molar-refractivity contribution < 1.29 is 22.6 Å². The summed E-state index contributed by atoms with van der Waals surface area (Å²) in [4.78, 5) is 14.0. The minimum absolute atomic E-state index is 0.0559. The number of aromatic nitrogens is 4. The number of nitrogens with zero attached hydrogens (tertiary/aromatic N) is 4. The number of benzene rings is 1. The van der Waals surface area contributed by atoms with E-state index in [1.807, 2.05) is 24.3 Å². The summed E-state index contributed by atoms with van der Waals surface area (Å²) in [6, 6.07) is 7.70. The molecule has 2 N–H and O–H groups in total. The van der Waals surface area contributed by atoms with Crippen molar-refractivity contribution in [1.29, 1.82) is 0 Å². The highest BCUT2D eigenvalue weighted by Gasteiger charge is 2.26. The van der Waals surface area contributed by atoms with Crippen LogP contribution in [-0.2, 0) is 11.3 Å². The largest absolute Gasteiger partial charge is 0.492 e. The molecule has 0 amide bonds. The molecule has 0 radical (unpaired) electrons. The first-order chi connectivity index (χ1) is 15.8. The molecule has 0 spiro atoms. The van der Waals surface area contributed by atoms with Crippen molar-refractivity contribution >= 4 is 37.5 Å². The zero-order chi connectivity index (χ0) is 23.8. The van der Waals surface area contributed by atoms with Crippen LogP contribution in [0.25, 0.3) is 11.2 Å². The number of imidazole rings is 1. The number of fused-ring (bicyclic) bond motifs is 1. The van der Waals surface area contributed by atoms with E-state index in [9.17, 15) is 13.2 Å². The lowest BCUT2D eigenvalue weighted by Gasteiger charge is -2.15. The minimum atomic E-state index is -4.16. The number of hydrogen-bond donors (Lipinski definition) is 1. The van der Waals surface area contributed by atoms with E-state index in [0.29, 0.717) is 29.3 Å². The lowest BCUT2D eigenvalue weighted by atomic mass is 10.3. The Hall–Kier alpha value is -2.10. The van der Waals surface area contributed by atoms with Gasteiger partial charge in [0.05, 0.1) is 43.0 Å². The smallest absolute Gasteiger partial charge is 0.392 e. The van der Waals surface area contributed by atoms with Crippen LogP contribution in [0.3, 0.4) is 0 Å². The predicted molar refractivity (Wildman–Crippen MR) is 125 cm³/mol. The Morgan fingerprint density at radius 1 is 1.24 bits per heavy atom. The second-order valence-electron chi connectivity index (χ2n) is 7.37. The fraction of sp³-hybridized carbons (Fsp3) is 0.476. The monoisotopic (exact) mass is 501 g/mol. The number of anilines is 1. The summed E-state index contributed by atoms with van der Waals surface area (Å²) in [5, 5.41) is 0.600. The first-order valence-corrected chi connectivity index (χ1v) is 12.8. The lowest BCUT2D eigenvalue weighted by molar-refractivity contribution is -0.106. The number of nitrogen functional groups attached to an aromatic ring is 1. The molecule has 1 aromatic carbocycles. The molecule has 2 heterocycles. The number of para-hydroxylation sites is 1. The minimum Gasteiger partial charge on any atom is -0.492 e. The maximum atomic E-state index is 12.3. The van der Waals surface area contributed by atoms with Gasteiger partial charge < -0.3 is 19.8 Å². The van der Waals surface area contributed by atoms with Gasteiger partial charge in [0.15, 0.2) is 5.65 Å². The van der Waals surface area contributed by atoms with Crippen LogP contribution in [0.15, 0.2) is 40.5 Å². The average Bonchev–Trinajstić information content (AvgIpc) is 3.14. The first-order valence-electron chi connectivity index (χ1n) is 10.5. The number of unbranched alkanes of at least 4 members (excludes halogenated alkanes) is 1. The second-order valence-corrected chi connectivity index (χ2v) is 9.54. The Morgan fingerprint density at radius 3 is 2.79 bits per heavy atom. The predicted octanol–water partition coefficient (Wildman–Crippen LogP) is 5.34. The second kappa shape index (κ2) is 11.9. The molecular weight excluding hydrogens is 474 g/mol. The van der Waals surface area contributed by atoms with Gasteiger partial charge in [-0.05, 0) is 25.5 Å². The summed E-state index contributed by atoms with van der Waals surface area (Å²) in [5.74, 6) is 0.874. The van der Waals surface area contributed by atoms with Crippen molar-refractivity contribution in [2.75, 3.05) is 24.9 Å². The summed E-state index contributed by atoms with van der Waals surface area (Å²) in [6.45, 7) is 4.92. The van der Waals surface area contributed by atoms with E-state index in [2.05, 4.69) is 21.9 Å². The first kappa shape index (κ1) is 25.5. The summed E-state index contributed by atoms with van der Waals surface area (Å²) < 4.78 is 50.1. The van der Waals surface area contributed by atoms with Gasteiger partial charge in [0.2, 0.25) is 5.95 Å². The molecule has 12 heteroatoms. The Labute approximate surface area is 196 Å². The molecular formula is C21H27F3N5O2PS. The molecule has 7 nitrogen and oxygen atoms in total. The van der Waals surface area contributed by atoms with Crippen LogP contribution in [-0.4, -0.2) is 50.9 Å². The highest BCUT2D eigenvalue weighted by Crippen LogP contribution is 2.37. The summed E-state index contributed by atoms with van der Waals surface area (Å²) >= 11 is 1.40. The number of hydrogen-bond acceptors (Lipinski definition) is 7. The Kier molecular flexibility index (Phi) is 9.17. The molecule has 0 aliphatic carbocycles. The lowest BCUT2D eigenvalue weighted by Crippen LogP contribution is -2.17. The molecule has 2 unspecified atom stereocenters. The summed E-state index contributed by atoms with van der Waals surface area (Å²) in [6.07, 6.45) is -1.63. The van der Waals surface area contributed by atoms with Crippen LogP contribution in [0.2, 0.25) is 0 Å². The van der Waals surface area contributed by atoms with Crippen molar-refractivity contribution in [2.45, 2.75) is 55.4 Å². The van der Waals surface area contributed by atoms with Crippen molar-refractivity contribution in [1.82, 2.24) is 19.5 Å². The fourth-order valence-electron chi connectivity index (χ4n) is 2.95. The van der Waals surface area contributed by atoms with Gasteiger partial charge in [-0.2, -0.15) is 18.2 Å². The van der Waals surface area contributed by atoms with E-state index in [0.717, 1.165) is 23.5 Å². The number of rotatable bonds is 12. The van der Waals surface area contributed by atoms with Crippen LogP contribution in [0.4, 0.5) is 19.1 Å². The number of halogens is 3. The van der Waals surface area contributed by atoms with E-state index >= 15 is 0 Å². The molecule has 0 saturated carbocycles. The molecule has 0 aliphatic rings. The summed E-state index contributed by atoms with van der Waals surface area (Å²) in [5.41, 5.74) is 7.10. The quantitative estimate of drug-likeness (QED) is 0.204. The van der Waals surface area contributed by atoms with Gasteiger partial charge >= 0.3 is 6.18 Å². The molecule has 0 bridgehead atoms. The Morgan fingerprint density at radius 2 is 2.03 bits per heavy atom. The Balaban J connectivity index is 1.72. The summed E-state index contributed by atoms with van der Waals surface area (Å²) in [7, 11) is -0.329. The molecule has 0 fully saturated rings. The molecule has 0 saturated heterocycles. The molecule has 3 rings (SSSR count). The van der Waals surface area contributed by atoms with Crippen molar-refractivity contribution in [3.63, 3.8) is 0 Å². The van der Waals surface area contributed by atoms with Crippen LogP contribution in [0.5, 0.6) is 5.75 Å². The van der Waals surface area contributed by atoms with Gasteiger partial charge in [-0.25, -0.2) is 9.97 Å². The van der Waals surface area contributed by atoms with Gasteiger partial charge in [0.1, 0.15) is 16.3 Å². The van der Waals surface area contributed by atoms with Crippen molar-refractivity contribution in [3.05, 3.63) is 30.6 Å². The maximum absolute atomic E-state index is 12.3. The molecule has 2 atom stereocenters. The average molecular weight is 502 g/mol. The third kappa shape index (κ3) is 7.72. The van der Waals surface area contributed by atoms with E-state index in [1.54, 1.807) is 17.8 Å². The fourth-order valence-corrected chi connectivity index (χ4v) is 4.70. The van der Waals surface area contributed by atoms with Gasteiger partial charge in [-0.15, -0.1) is 0 Å². The number of nitrogens with two attached hydrogens (primary N) is 1. The number of ether oxygens (including phenoxy) is 2. The van der Waals surface area contributed by atoms with E-state index in [1.165, 1.54) is 11.8 Å². The van der Waals surface area contributed by atoms with Gasteiger partial charge in [0, 0.05) is 0 Å². The normalized spacial score (nSPS) is 13.2. The molecule has 2 aromatic heterocycles. The van der Waals surface area contributed by atoms with Crippen molar-refractivity contribution in [2.24, 2.45) is 0 Å². The van der Waals surface area contributed by atoms with E-state index in [4.69, 9.17) is 15.2 Å². The van der Waals surface area contributed by atoms with Crippen LogP contribution in [0.1, 0.15) is 26.7 Å². The SMILES string of the molecule is CCCCOc1ccccc1Sc1nc(N)nc2c1ncn2CC(C)OCPCC(F)(F)F. The van der Waals surface area contributed by atoms with Crippen LogP contribution in [0, 0.1) is 0 Å². The topological polar surface area (TPSA) is 88.1 Å². The standard InChI is InChI=1S/C21H27F3N5O2PS/c1-3-4-9-30-15-7-5-6-8-16(15)33-19-17-18(27-20(25)28-19)29(12-26-17)10-14(2)31-13-32-11-21(22,23)24/h5-8,12,14,32H,3-4,9-11,13H2,1-2H3,(H2,25,27,28).